The van der Waals surface area contributed by atoms with E-state index in [9.17, 15) is 22.8 Å². The highest BCUT2D eigenvalue weighted by molar-refractivity contribution is 6.32. The summed E-state index contributed by atoms with van der Waals surface area (Å²) in [5.74, 6) is -1.45. The van der Waals surface area contributed by atoms with Crippen LogP contribution in [0, 0.1) is 0 Å². The molecule has 0 aromatic heterocycles. The molecule has 0 aliphatic carbocycles. The number of rotatable bonds is 6. The molecule has 0 spiro atoms. The first-order valence-electron chi connectivity index (χ1n) is 8.30. The first-order chi connectivity index (χ1) is 12.3. The Morgan fingerprint density at radius 3 is 2.50 bits per heavy atom. The lowest BCUT2D eigenvalue weighted by atomic mass is 10.0. The standard InChI is InChI=1S/C17H20ClF3N2O3/c18-13-4-1-2-5-14(13)26-11-3-6-15(24)22-12-7-9-23(10-8-12)16(25)17(19,20)21/h1-2,4-5,12H,3,6-11H2,(H,22,24). The zero-order valence-electron chi connectivity index (χ0n) is 14.0. The third kappa shape index (κ3) is 6.09. The summed E-state index contributed by atoms with van der Waals surface area (Å²) in [5, 5.41) is 3.28. The van der Waals surface area contributed by atoms with Crippen LogP contribution in [0.1, 0.15) is 25.7 Å². The number of nitrogens with zero attached hydrogens (tertiary/aromatic N) is 1. The minimum absolute atomic E-state index is 0.0150. The first kappa shape index (κ1) is 20.4. The van der Waals surface area contributed by atoms with Crippen LogP contribution in [0.4, 0.5) is 13.2 Å². The molecule has 0 unspecified atom stereocenters. The molecule has 144 valence electrons. The minimum atomic E-state index is -4.85. The molecule has 9 heteroatoms. The van der Waals surface area contributed by atoms with Crippen molar-refractivity contribution in [2.24, 2.45) is 0 Å². The number of para-hydroxylation sites is 1. The van der Waals surface area contributed by atoms with Crippen molar-refractivity contribution in [2.45, 2.75) is 37.9 Å². The second kappa shape index (κ2) is 9.12. The second-order valence-electron chi connectivity index (χ2n) is 6.01. The number of alkyl halides is 3. The van der Waals surface area contributed by atoms with E-state index in [4.69, 9.17) is 16.3 Å². The van der Waals surface area contributed by atoms with Gasteiger partial charge in [0.05, 0.1) is 11.6 Å². The molecule has 5 nitrogen and oxygen atoms in total. The maximum atomic E-state index is 12.4. The molecule has 2 amide bonds. The van der Waals surface area contributed by atoms with Crippen LogP contribution in [0.3, 0.4) is 0 Å². The quantitative estimate of drug-likeness (QED) is 0.756. The Bertz CT molecular complexity index is 632. The van der Waals surface area contributed by atoms with Crippen LogP contribution in [0.15, 0.2) is 24.3 Å². The molecule has 0 radical (unpaired) electrons. The van der Waals surface area contributed by atoms with E-state index >= 15 is 0 Å². The highest BCUT2D eigenvalue weighted by atomic mass is 35.5. The van der Waals surface area contributed by atoms with Crippen LogP contribution in [0.2, 0.25) is 5.02 Å². The second-order valence-corrected chi connectivity index (χ2v) is 6.42. The van der Waals surface area contributed by atoms with E-state index in [-0.39, 0.29) is 31.5 Å². The first-order valence-corrected chi connectivity index (χ1v) is 8.68. The van der Waals surface area contributed by atoms with Crippen molar-refractivity contribution < 1.29 is 27.5 Å². The van der Waals surface area contributed by atoms with E-state index in [1.165, 1.54) is 0 Å². The number of benzene rings is 1. The molecular weight excluding hydrogens is 373 g/mol. The zero-order valence-corrected chi connectivity index (χ0v) is 14.8. The fourth-order valence-electron chi connectivity index (χ4n) is 2.68. The fourth-order valence-corrected chi connectivity index (χ4v) is 2.87. The van der Waals surface area contributed by atoms with Crippen molar-refractivity contribution in [1.82, 2.24) is 10.2 Å². The fraction of sp³-hybridized carbons (Fsp3) is 0.529. The van der Waals surface area contributed by atoms with E-state index in [1.54, 1.807) is 24.3 Å². The van der Waals surface area contributed by atoms with Gasteiger partial charge in [-0.25, -0.2) is 0 Å². The van der Waals surface area contributed by atoms with Crippen molar-refractivity contribution in [2.75, 3.05) is 19.7 Å². The van der Waals surface area contributed by atoms with Gasteiger partial charge in [0.1, 0.15) is 5.75 Å². The van der Waals surface area contributed by atoms with Gasteiger partial charge in [-0.1, -0.05) is 23.7 Å². The molecule has 1 aliphatic heterocycles. The number of halogens is 4. The Kier molecular flexibility index (Phi) is 7.14. The van der Waals surface area contributed by atoms with E-state index in [0.29, 0.717) is 36.6 Å². The third-order valence-corrected chi connectivity index (χ3v) is 4.34. The lowest BCUT2D eigenvalue weighted by Gasteiger charge is -2.32. The van der Waals surface area contributed by atoms with E-state index in [2.05, 4.69) is 5.32 Å². The number of piperidine rings is 1. The number of amides is 2. The van der Waals surface area contributed by atoms with Gasteiger partial charge in [-0.2, -0.15) is 13.2 Å². The van der Waals surface area contributed by atoms with Gasteiger partial charge >= 0.3 is 12.1 Å². The summed E-state index contributed by atoms with van der Waals surface area (Å²) in [6.07, 6.45) is -3.50. The van der Waals surface area contributed by atoms with Gasteiger partial charge in [0.2, 0.25) is 5.91 Å². The Morgan fingerprint density at radius 2 is 1.88 bits per heavy atom. The molecule has 1 aromatic rings. The van der Waals surface area contributed by atoms with Crippen LogP contribution in [0.25, 0.3) is 0 Å². The van der Waals surface area contributed by atoms with Gasteiger partial charge in [-0.15, -0.1) is 0 Å². The Labute approximate surface area is 154 Å². The Hall–Kier alpha value is -1.96. The minimum Gasteiger partial charge on any atom is -0.492 e. The van der Waals surface area contributed by atoms with Crippen molar-refractivity contribution in [1.29, 1.82) is 0 Å². The molecular formula is C17H20ClF3N2O3. The van der Waals surface area contributed by atoms with E-state index < -0.39 is 12.1 Å². The summed E-state index contributed by atoms with van der Waals surface area (Å²) >= 11 is 5.95. The predicted molar refractivity (Wildman–Crippen MR) is 90.0 cm³/mol. The van der Waals surface area contributed by atoms with Crippen molar-refractivity contribution in [3.8, 4) is 5.75 Å². The van der Waals surface area contributed by atoms with Gasteiger partial charge in [0.25, 0.3) is 0 Å². The summed E-state index contributed by atoms with van der Waals surface area (Å²) in [6.45, 7) is 0.299. The molecule has 0 bridgehead atoms. The number of ether oxygens (including phenoxy) is 1. The monoisotopic (exact) mass is 392 g/mol. The van der Waals surface area contributed by atoms with E-state index in [1.807, 2.05) is 0 Å². The maximum Gasteiger partial charge on any atom is 0.471 e. The number of hydrogen-bond donors (Lipinski definition) is 1. The number of hydrogen-bond acceptors (Lipinski definition) is 3. The molecule has 2 rings (SSSR count). The summed E-state index contributed by atoms with van der Waals surface area (Å²) in [4.78, 5) is 23.8. The number of likely N-dealkylation sites (tertiary alicyclic amines) is 1. The number of carbonyl (C=O) groups is 2. The number of carbonyl (C=O) groups excluding carboxylic acids is 2. The smallest absolute Gasteiger partial charge is 0.471 e. The molecule has 1 saturated heterocycles. The Balaban J connectivity index is 1.63. The van der Waals surface area contributed by atoms with Crippen LogP contribution in [-0.4, -0.2) is 48.6 Å². The lowest BCUT2D eigenvalue weighted by Crippen LogP contribution is -2.50. The molecule has 1 aromatic carbocycles. The van der Waals surface area contributed by atoms with Gasteiger partial charge in [0.15, 0.2) is 0 Å². The largest absolute Gasteiger partial charge is 0.492 e. The van der Waals surface area contributed by atoms with Crippen LogP contribution in [-0.2, 0) is 9.59 Å². The number of nitrogens with one attached hydrogen (secondary N) is 1. The zero-order chi connectivity index (χ0) is 19.2. The lowest BCUT2D eigenvalue weighted by molar-refractivity contribution is -0.186. The summed E-state index contributed by atoms with van der Waals surface area (Å²) in [6, 6.07) is 6.81. The maximum absolute atomic E-state index is 12.4. The van der Waals surface area contributed by atoms with Crippen molar-refractivity contribution >= 4 is 23.4 Å². The molecule has 1 aliphatic rings. The topological polar surface area (TPSA) is 58.6 Å². The van der Waals surface area contributed by atoms with E-state index in [0.717, 1.165) is 4.90 Å². The normalized spacial score (nSPS) is 15.6. The highest BCUT2D eigenvalue weighted by Crippen LogP contribution is 2.23. The van der Waals surface area contributed by atoms with Crippen LogP contribution >= 0.6 is 11.6 Å². The highest BCUT2D eigenvalue weighted by Gasteiger charge is 2.43. The van der Waals surface area contributed by atoms with Gasteiger partial charge < -0.3 is 15.0 Å². The average molecular weight is 393 g/mol. The van der Waals surface area contributed by atoms with Crippen molar-refractivity contribution in [3.05, 3.63) is 29.3 Å². The summed E-state index contributed by atoms with van der Waals surface area (Å²) in [5.41, 5.74) is 0. The average Bonchev–Trinajstić information content (AvgIpc) is 2.59. The molecule has 1 heterocycles. The van der Waals surface area contributed by atoms with Gasteiger partial charge in [-0.3, -0.25) is 9.59 Å². The van der Waals surface area contributed by atoms with Gasteiger partial charge in [0, 0.05) is 25.6 Å². The molecule has 26 heavy (non-hydrogen) atoms. The predicted octanol–water partition coefficient (Wildman–Crippen LogP) is 3.17. The van der Waals surface area contributed by atoms with Crippen LogP contribution < -0.4 is 10.1 Å². The van der Waals surface area contributed by atoms with Crippen LogP contribution in [0.5, 0.6) is 5.75 Å². The molecule has 0 atom stereocenters. The molecule has 1 fully saturated rings. The van der Waals surface area contributed by atoms with Gasteiger partial charge in [-0.05, 0) is 31.4 Å². The third-order valence-electron chi connectivity index (χ3n) is 4.03. The summed E-state index contributed by atoms with van der Waals surface area (Å²) < 4.78 is 42.6. The molecule has 0 saturated carbocycles. The van der Waals surface area contributed by atoms with Crippen molar-refractivity contribution in [3.63, 3.8) is 0 Å². The SMILES string of the molecule is O=C(CCCOc1ccccc1Cl)NC1CCN(C(=O)C(F)(F)F)CC1. The Morgan fingerprint density at radius 1 is 1.23 bits per heavy atom. The molecule has 1 N–H and O–H groups in total. The summed E-state index contributed by atoms with van der Waals surface area (Å²) in [7, 11) is 0.